The molecule has 2 aromatic rings. The number of carbonyl (C=O) groups is 2. The van der Waals surface area contributed by atoms with Crippen LogP contribution in [0.15, 0.2) is 28.9 Å². The molecule has 1 aromatic carbocycles. The highest BCUT2D eigenvalue weighted by molar-refractivity contribution is 5.90. The lowest BCUT2D eigenvalue weighted by Crippen LogP contribution is -2.51. The van der Waals surface area contributed by atoms with Crippen LogP contribution in [0.5, 0.6) is 5.75 Å². The maximum absolute atomic E-state index is 12.9. The number of phenols is 1. The summed E-state index contributed by atoms with van der Waals surface area (Å²) in [6.45, 7) is -0.110. The number of benzene rings is 1. The van der Waals surface area contributed by atoms with Crippen LogP contribution < -0.4 is 0 Å². The maximum Gasteiger partial charge on any atom is 0.310 e. The highest BCUT2D eigenvalue weighted by Crippen LogP contribution is 2.60. The molecule has 5 nitrogen and oxygen atoms in total. The SMILES string of the molecule is O=C(Cc1coc2cc(O)ccc12)OCC(=O)C12CC3CC(CC(C3)C1)C2. The number of ether oxygens (including phenoxy) is 1. The summed E-state index contributed by atoms with van der Waals surface area (Å²) >= 11 is 0. The standard InChI is InChI=1S/C22H24O5/c23-17-1-2-18-16(11-26-19(18)7-17)6-21(25)27-12-20(24)22-8-13-3-14(9-22)5-15(4-13)10-22/h1-2,7,11,13-15,23H,3-6,8-10,12H2. The minimum atomic E-state index is -0.413. The Morgan fingerprint density at radius 1 is 1.11 bits per heavy atom. The zero-order valence-corrected chi connectivity index (χ0v) is 15.3. The van der Waals surface area contributed by atoms with Gasteiger partial charge in [-0.15, -0.1) is 0 Å². The molecule has 4 bridgehead atoms. The fraction of sp³-hybridized carbons (Fsp3) is 0.545. The van der Waals surface area contributed by atoms with Crippen molar-refractivity contribution in [3.05, 3.63) is 30.0 Å². The van der Waals surface area contributed by atoms with Gasteiger partial charge in [-0.25, -0.2) is 0 Å². The van der Waals surface area contributed by atoms with Crippen LogP contribution in [0.4, 0.5) is 0 Å². The second kappa shape index (κ2) is 6.11. The van der Waals surface area contributed by atoms with Crippen LogP contribution in [0.2, 0.25) is 0 Å². The Hall–Kier alpha value is -2.30. The van der Waals surface area contributed by atoms with Gasteiger partial charge in [0.15, 0.2) is 12.4 Å². The molecule has 0 spiro atoms. The largest absolute Gasteiger partial charge is 0.508 e. The molecular weight excluding hydrogens is 344 g/mol. The van der Waals surface area contributed by atoms with Gasteiger partial charge in [0.05, 0.1) is 12.7 Å². The Kier molecular flexibility index (Phi) is 3.81. The van der Waals surface area contributed by atoms with Crippen LogP contribution in [0.25, 0.3) is 11.0 Å². The van der Waals surface area contributed by atoms with Gasteiger partial charge < -0.3 is 14.3 Å². The number of rotatable bonds is 5. The van der Waals surface area contributed by atoms with E-state index < -0.39 is 5.97 Å². The van der Waals surface area contributed by atoms with Gasteiger partial charge in [-0.2, -0.15) is 0 Å². The second-order valence-electron chi connectivity index (χ2n) is 8.90. The number of ketones is 1. The summed E-state index contributed by atoms with van der Waals surface area (Å²) < 4.78 is 10.7. The molecule has 4 aliphatic carbocycles. The van der Waals surface area contributed by atoms with Gasteiger partial charge in [-0.3, -0.25) is 9.59 Å². The van der Waals surface area contributed by atoms with Crippen LogP contribution in [-0.4, -0.2) is 23.5 Å². The molecule has 4 aliphatic rings. The van der Waals surface area contributed by atoms with Crippen molar-refractivity contribution >= 4 is 22.7 Å². The van der Waals surface area contributed by atoms with Gasteiger partial charge in [-0.05, 0) is 68.4 Å². The van der Waals surface area contributed by atoms with E-state index >= 15 is 0 Å². The maximum atomic E-state index is 12.9. The Morgan fingerprint density at radius 2 is 1.78 bits per heavy atom. The fourth-order valence-electron chi connectivity index (χ4n) is 6.17. The predicted molar refractivity (Wildman–Crippen MR) is 98.2 cm³/mol. The number of fused-ring (bicyclic) bond motifs is 1. The van der Waals surface area contributed by atoms with Crippen LogP contribution in [0.3, 0.4) is 0 Å². The molecule has 1 N–H and O–H groups in total. The Morgan fingerprint density at radius 3 is 2.44 bits per heavy atom. The smallest absolute Gasteiger partial charge is 0.310 e. The summed E-state index contributed by atoms with van der Waals surface area (Å²) in [6, 6.07) is 4.79. The molecule has 0 amide bonds. The molecule has 4 saturated carbocycles. The second-order valence-corrected chi connectivity index (χ2v) is 8.90. The first kappa shape index (κ1) is 16.8. The molecule has 1 heterocycles. The topological polar surface area (TPSA) is 76.7 Å². The minimum absolute atomic E-state index is 0.0614. The van der Waals surface area contributed by atoms with E-state index in [1.807, 2.05) is 0 Å². The van der Waals surface area contributed by atoms with Crippen molar-refractivity contribution in [2.45, 2.75) is 44.9 Å². The van der Waals surface area contributed by atoms with Gasteiger partial charge in [0.2, 0.25) is 0 Å². The Bertz CT molecular complexity index is 873. The summed E-state index contributed by atoms with van der Waals surface area (Å²) in [6.07, 6.45) is 8.40. The Labute approximate surface area is 157 Å². The zero-order valence-electron chi connectivity index (χ0n) is 15.3. The zero-order chi connectivity index (χ0) is 18.6. The number of furan rings is 1. The van der Waals surface area contributed by atoms with Crippen LogP contribution in [0.1, 0.15) is 44.1 Å². The van der Waals surface area contributed by atoms with Crippen molar-refractivity contribution in [3.8, 4) is 5.75 Å². The average molecular weight is 368 g/mol. The fourth-order valence-corrected chi connectivity index (χ4v) is 6.17. The lowest BCUT2D eigenvalue weighted by atomic mass is 9.48. The highest BCUT2D eigenvalue weighted by atomic mass is 16.5. The number of hydrogen-bond donors (Lipinski definition) is 1. The van der Waals surface area contributed by atoms with Gasteiger partial charge in [0, 0.05) is 22.4 Å². The van der Waals surface area contributed by atoms with Crippen LogP contribution in [0, 0.1) is 23.2 Å². The van der Waals surface area contributed by atoms with E-state index in [4.69, 9.17) is 9.15 Å². The molecule has 142 valence electrons. The third kappa shape index (κ3) is 2.93. The van der Waals surface area contributed by atoms with Crippen molar-refractivity contribution in [1.29, 1.82) is 0 Å². The summed E-state index contributed by atoms with van der Waals surface area (Å²) in [4.78, 5) is 25.2. The number of hydrogen-bond acceptors (Lipinski definition) is 5. The number of Topliss-reactive ketones (excluding diaryl/α,β-unsaturated/α-hetero) is 1. The normalized spacial score (nSPS) is 31.3. The van der Waals surface area contributed by atoms with Crippen molar-refractivity contribution in [2.75, 3.05) is 6.61 Å². The van der Waals surface area contributed by atoms with Crippen molar-refractivity contribution in [3.63, 3.8) is 0 Å². The summed E-state index contributed by atoms with van der Waals surface area (Å²) in [5.41, 5.74) is 1.01. The van der Waals surface area contributed by atoms with E-state index in [-0.39, 0.29) is 30.0 Å². The first-order valence-corrected chi connectivity index (χ1v) is 9.89. The van der Waals surface area contributed by atoms with Gasteiger partial charge >= 0.3 is 5.97 Å². The van der Waals surface area contributed by atoms with E-state index in [0.29, 0.717) is 28.9 Å². The average Bonchev–Trinajstić information content (AvgIpc) is 3.00. The molecule has 0 saturated heterocycles. The van der Waals surface area contributed by atoms with Gasteiger partial charge in [0.1, 0.15) is 11.3 Å². The molecule has 0 radical (unpaired) electrons. The van der Waals surface area contributed by atoms with E-state index in [9.17, 15) is 14.7 Å². The third-order valence-corrected chi connectivity index (χ3v) is 6.97. The molecule has 0 atom stereocenters. The van der Waals surface area contributed by atoms with Crippen molar-refractivity contribution in [2.24, 2.45) is 23.2 Å². The predicted octanol–water partition coefficient (Wildman–Crippen LogP) is 4.01. The highest BCUT2D eigenvalue weighted by Gasteiger charge is 2.54. The Balaban J connectivity index is 1.22. The van der Waals surface area contributed by atoms with Crippen molar-refractivity contribution in [1.82, 2.24) is 0 Å². The van der Waals surface area contributed by atoms with E-state index in [1.54, 1.807) is 12.1 Å². The van der Waals surface area contributed by atoms with Crippen molar-refractivity contribution < 1.29 is 23.8 Å². The number of aromatic hydroxyl groups is 1. The summed E-state index contributed by atoms with van der Waals surface area (Å²) in [5, 5.41) is 10.3. The molecule has 6 rings (SSSR count). The molecule has 1 aromatic heterocycles. The summed E-state index contributed by atoms with van der Waals surface area (Å²) in [7, 11) is 0. The minimum Gasteiger partial charge on any atom is -0.508 e. The molecule has 4 fully saturated rings. The van der Waals surface area contributed by atoms with Crippen LogP contribution >= 0.6 is 0 Å². The number of phenolic OH excluding ortho intramolecular Hbond substituents is 1. The molecule has 5 heteroatoms. The number of esters is 1. The molecule has 0 unspecified atom stereocenters. The van der Waals surface area contributed by atoms with E-state index in [0.717, 1.165) is 24.6 Å². The van der Waals surface area contributed by atoms with Gasteiger partial charge in [0.25, 0.3) is 0 Å². The van der Waals surface area contributed by atoms with Crippen LogP contribution in [-0.2, 0) is 20.7 Å². The quantitative estimate of drug-likeness (QED) is 0.807. The lowest BCUT2D eigenvalue weighted by Gasteiger charge is -2.55. The first-order chi connectivity index (χ1) is 13.0. The third-order valence-electron chi connectivity index (χ3n) is 6.97. The van der Waals surface area contributed by atoms with E-state index in [2.05, 4.69) is 0 Å². The van der Waals surface area contributed by atoms with Gasteiger partial charge in [-0.1, -0.05) is 0 Å². The monoisotopic (exact) mass is 368 g/mol. The lowest BCUT2D eigenvalue weighted by molar-refractivity contribution is -0.157. The summed E-state index contributed by atoms with van der Waals surface area (Å²) in [5.74, 6) is 1.92. The molecule has 0 aliphatic heterocycles. The molecule has 27 heavy (non-hydrogen) atoms. The first-order valence-electron chi connectivity index (χ1n) is 9.89. The van der Waals surface area contributed by atoms with E-state index in [1.165, 1.54) is 31.6 Å². The number of carbonyl (C=O) groups excluding carboxylic acids is 2. The molecular formula is C22H24O5.